The molecule has 72 valence electrons. The molecule has 0 saturated heterocycles. The monoisotopic (exact) mass is 180 g/mol. The summed E-state index contributed by atoms with van der Waals surface area (Å²) in [5.74, 6) is 0. The predicted molar refractivity (Wildman–Crippen MR) is 52.5 cm³/mol. The highest BCUT2D eigenvalue weighted by molar-refractivity contribution is 5.13. The summed E-state index contributed by atoms with van der Waals surface area (Å²) >= 11 is 0. The van der Waals surface area contributed by atoms with Crippen LogP contribution in [0.1, 0.15) is 24.4 Å². The zero-order chi connectivity index (χ0) is 9.68. The van der Waals surface area contributed by atoms with Crippen LogP contribution in [0.4, 0.5) is 0 Å². The van der Waals surface area contributed by atoms with Crippen LogP contribution in [-0.2, 0) is 6.42 Å². The number of pyridine rings is 1. The van der Waals surface area contributed by atoms with Gasteiger partial charge in [-0.3, -0.25) is 4.98 Å². The number of aliphatic hydroxyl groups excluding tert-OH is 1. The smallest absolute Gasteiger partial charge is 0.0931 e. The number of hydrogen-bond acceptors (Lipinski definition) is 3. The third kappa shape index (κ3) is 3.13. The van der Waals surface area contributed by atoms with Crippen LogP contribution >= 0.6 is 0 Å². The molecule has 3 heteroatoms. The van der Waals surface area contributed by atoms with Gasteiger partial charge >= 0.3 is 0 Å². The Morgan fingerprint density at radius 3 is 2.92 bits per heavy atom. The second kappa shape index (κ2) is 4.94. The molecule has 3 nitrogen and oxygen atoms in total. The van der Waals surface area contributed by atoms with Gasteiger partial charge in [-0.2, -0.15) is 0 Å². The number of aromatic nitrogens is 1. The maximum atomic E-state index is 9.30. The third-order valence-corrected chi connectivity index (χ3v) is 1.89. The Hall–Kier alpha value is -0.930. The van der Waals surface area contributed by atoms with E-state index in [1.165, 1.54) is 0 Å². The van der Waals surface area contributed by atoms with Gasteiger partial charge in [0.25, 0.3) is 0 Å². The quantitative estimate of drug-likeness (QED) is 0.723. The van der Waals surface area contributed by atoms with Crippen LogP contribution in [0.3, 0.4) is 0 Å². The SMILES string of the molecule is CNCCc1cccc(C(C)O)n1. The Labute approximate surface area is 78.8 Å². The highest BCUT2D eigenvalue weighted by Gasteiger charge is 2.02. The highest BCUT2D eigenvalue weighted by Crippen LogP contribution is 2.09. The fourth-order valence-electron chi connectivity index (χ4n) is 1.12. The van der Waals surface area contributed by atoms with E-state index in [2.05, 4.69) is 10.3 Å². The van der Waals surface area contributed by atoms with Crippen LogP contribution in [0.15, 0.2) is 18.2 Å². The van der Waals surface area contributed by atoms with Crippen molar-refractivity contribution in [3.05, 3.63) is 29.6 Å². The number of nitrogens with one attached hydrogen (secondary N) is 1. The van der Waals surface area contributed by atoms with E-state index in [4.69, 9.17) is 0 Å². The van der Waals surface area contributed by atoms with Gasteiger partial charge < -0.3 is 10.4 Å². The minimum Gasteiger partial charge on any atom is -0.387 e. The van der Waals surface area contributed by atoms with Crippen molar-refractivity contribution in [1.82, 2.24) is 10.3 Å². The summed E-state index contributed by atoms with van der Waals surface area (Å²) in [7, 11) is 1.92. The number of likely N-dealkylation sites (N-methyl/N-ethyl adjacent to an activating group) is 1. The van der Waals surface area contributed by atoms with Gasteiger partial charge in [-0.05, 0) is 26.1 Å². The van der Waals surface area contributed by atoms with Crippen molar-refractivity contribution in [2.45, 2.75) is 19.4 Å². The van der Waals surface area contributed by atoms with Crippen molar-refractivity contribution in [1.29, 1.82) is 0 Å². The summed E-state index contributed by atoms with van der Waals surface area (Å²) in [5, 5.41) is 12.4. The zero-order valence-electron chi connectivity index (χ0n) is 8.12. The first-order chi connectivity index (χ1) is 6.24. The summed E-state index contributed by atoms with van der Waals surface area (Å²) in [4.78, 5) is 4.32. The molecule has 1 unspecified atom stereocenters. The topological polar surface area (TPSA) is 45.1 Å². The van der Waals surface area contributed by atoms with E-state index < -0.39 is 6.10 Å². The normalized spacial score (nSPS) is 12.8. The molecular formula is C10H16N2O. The van der Waals surface area contributed by atoms with Gasteiger partial charge in [-0.25, -0.2) is 0 Å². The van der Waals surface area contributed by atoms with E-state index in [9.17, 15) is 5.11 Å². The molecular weight excluding hydrogens is 164 g/mol. The Morgan fingerprint density at radius 2 is 2.31 bits per heavy atom. The molecule has 0 aliphatic rings. The van der Waals surface area contributed by atoms with E-state index in [1.807, 2.05) is 25.2 Å². The van der Waals surface area contributed by atoms with Gasteiger partial charge in [0.05, 0.1) is 11.8 Å². The molecule has 0 aliphatic heterocycles. The largest absolute Gasteiger partial charge is 0.387 e. The standard InChI is InChI=1S/C10H16N2O/c1-8(13)10-5-3-4-9(12-10)6-7-11-2/h3-5,8,11,13H,6-7H2,1-2H3. The van der Waals surface area contributed by atoms with Gasteiger partial charge in [0, 0.05) is 18.7 Å². The molecule has 13 heavy (non-hydrogen) atoms. The summed E-state index contributed by atoms with van der Waals surface area (Å²) in [5.41, 5.74) is 1.77. The lowest BCUT2D eigenvalue weighted by molar-refractivity contribution is 0.194. The number of nitrogens with zero attached hydrogens (tertiary/aromatic N) is 1. The first-order valence-corrected chi connectivity index (χ1v) is 4.52. The molecule has 1 rings (SSSR count). The fraction of sp³-hybridized carbons (Fsp3) is 0.500. The minimum atomic E-state index is -0.477. The number of rotatable bonds is 4. The van der Waals surface area contributed by atoms with Gasteiger partial charge in [-0.15, -0.1) is 0 Å². The van der Waals surface area contributed by atoms with Crippen LogP contribution < -0.4 is 5.32 Å². The fourth-order valence-corrected chi connectivity index (χ4v) is 1.12. The van der Waals surface area contributed by atoms with Crippen molar-refractivity contribution in [2.75, 3.05) is 13.6 Å². The lowest BCUT2D eigenvalue weighted by atomic mass is 10.2. The molecule has 0 saturated carbocycles. The van der Waals surface area contributed by atoms with Crippen LogP contribution in [0.25, 0.3) is 0 Å². The first-order valence-electron chi connectivity index (χ1n) is 4.52. The van der Waals surface area contributed by atoms with Crippen LogP contribution in [0, 0.1) is 0 Å². The Kier molecular flexibility index (Phi) is 3.86. The summed E-state index contributed by atoms with van der Waals surface area (Å²) in [6.45, 7) is 2.64. The molecule has 0 radical (unpaired) electrons. The Balaban J connectivity index is 2.68. The second-order valence-electron chi connectivity index (χ2n) is 3.08. The molecule has 1 heterocycles. The third-order valence-electron chi connectivity index (χ3n) is 1.89. The van der Waals surface area contributed by atoms with Crippen molar-refractivity contribution in [3.63, 3.8) is 0 Å². The van der Waals surface area contributed by atoms with E-state index in [1.54, 1.807) is 6.92 Å². The van der Waals surface area contributed by atoms with Crippen LogP contribution in [-0.4, -0.2) is 23.7 Å². The summed E-state index contributed by atoms with van der Waals surface area (Å²) in [6, 6.07) is 5.75. The summed E-state index contributed by atoms with van der Waals surface area (Å²) in [6.07, 6.45) is 0.423. The molecule has 2 N–H and O–H groups in total. The highest BCUT2D eigenvalue weighted by atomic mass is 16.3. The summed E-state index contributed by atoms with van der Waals surface area (Å²) < 4.78 is 0. The zero-order valence-corrected chi connectivity index (χ0v) is 8.12. The van der Waals surface area contributed by atoms with Gasteiger partial charge in [-0.1, -0.05) is 6.07 Å². The van der Waals surface area contributed by atoms with Crippen molar-refractivity contribution < 1.29 is 5.11 Å². The van der Waals surface area contributed by atoms with Crippen molar-refractivity contribution in [3.8, 4) is 0 Å². The maximum Gasteiger partial charge on any atom is 0.0931 e. The molecule has 0 aromatic carbocycles. The molecule has 0 bridgehead atoms. The Bertz CT molecular complexity index is 261. The average molecular weight is 180 g/mol. The first kappa shape index (κ1) is 10.2. The van der Waals surface area contributed by atoms with Gasteiger partial charge in [0.1, 0.15) is 0 Å². The molecule has 1 aromatic rings. The van der Waals surface area contributed by atoms with Crippen molar-refractivity contribution in [2.24, 2.45) is 0 Å². The molecule has 0 fully saturated rings. The molecule has 0 spiro atoms. The molecule has 0 aliphatic carbocycles. The van der Waals surface area contributed by atoms with E-state index >= 15 is 0 Å². The van der Waals surface area contributed by atoms with E-state index in [0.29, 0.717) is 0 Å². The van der Waals surface area contributed by atoms with Crippen LogP contribution in [0.5, 0.6) is 0 Å². The van der Waals surface area contributed by atoms with Crippen molar-refractivity contribution >= 4 is 0 Å². The second-order valence-corrected chi connectivity index (χ2v) is 3.08. The Morgan fingerprint density at radius 1 is 1.54 bits per heavy atom. The lowest BCUT2D eigenvalue weighted by Gasteiger charge is -2.05. The molecule has 1 atom stereocenters. The average Bonchev–Trinajstić information content (AvgIpc) is 2.15. The van der Waals surface area contributed by atoms with E-state index in [0.717, 1.165) is 24.4 Å². The van der Waals surface area contributed by atoms with Gasteiger partial charge in [0.15, 0.2) is 0 Å². The minimum absolute atomic E-state index is 0.477. The number of aliphatic hydroxyl groups is 1. The van der Waals surface area contributed by atoms with E-state index in [-0.39, 0.29) is 0 Å². The molecule has 0 amide bonds. The lowest BCUT2D eigenvalue weighted by Crippen LogP contribution is -2.11. The maximum absolute atomic E-state index is 9.30. The molecule has 1 aromatic heterocycles. The van der Waals surface area contributed by atoms with Crippen LogP contribution in [0.2, 0.25) is 0 Å². The number of hydrogen-bond donors (Lipinski definition) is 2. The predicted octanol–water partition coefficient (Wildman–Crippen LogP) is 0.897. The van der Waals surface area contributed by atoms with Gasteiger partial charge in [0.2, 0.25) is 0 Å².